The number of para-hydroxylation sites is 1. The molecule has 108 valence electrons. The highest BCUT2D eigenvalue weighted by molar-refractivity contribution is 6.11. The predicted molar refractivity (Wildman–Crippen MR) is 81.1 cm³/mol. The number of hydrogen-bond acceptors (Lipinski definition) is 6. The number of benzene rings is 2. The average molecular weight is 303 g/mol. The van der Waals surface area contributed by atoms with Gasteiger partial charge < -0.3 is 8.83 Å². The molecule has 0 bridgehead atoms. The van der Waals surface area contributed by atoms with Crippen LogP contribution in [0.2, 0.25) is 0 Å². The first-order valence-corrected chi connectivity index (χ1v) is 6.47. The van der Waals surface area contributed by atoms with Crippen LogP contribution in [0, 0.1) is 11.3 Å². The number of nitriles is 1. The molecule has 2 aromatic heterocycles. The van der Waals surface area contributed by atoms with Gasteiger partial charge in [0.05, 0.1) is 11.0 Å². The van der Waals surface area contributed by atoms with Crippen molar-refractivity contribution in [3.8, 4) is 6.07 Å². The van der Waals surface area contributed by atoms with Crippen LogP contribution in [0.3, 0.4) is 0 Å². The third kappa shape index (κ3) is 1.75. The fourth-order valence-corrected chi connectivity index (χ4v) is 2.57. The van der Waals surface area contributed by atoms with Crippen molar-refractivity contribution >= 4 is 38.7 Å². The topological polar surface area (TPSA) is 129 Å². The van der Waals surface area contributed by atoms with Crippen LogP contribution in [0.5, 0.6) is 0 Å². The molecule has 0 fully saturated rings. The maximum atomic E-state index is 11.4. The summed E-state index contributed by atoms with van der Waals surface area (Å²) >= 11 is 0. The predicted octanol–water partition coefficient (Wildman–Crippen LogP) is 3.90. The van der Waals surface area contributed by atoms with E-state index in [1.165, 1.54) is 0 Å². The SMILES string of the molecule is N#Cc1c2cc3ccccc3nc2c(N=[N+]=[N-])c2oc(=O)oc12. The maximum absolute atomic E-state index is 11.4. The molecule has 23 heavy (non-hydrogen) atoms. The number of rotatable bonds is 1. The van der Waals surface area contributed by atoms with Crippen LogP contribution in [0.25, 0.3) is 43.4 Å². The van der Waals surface area contributed by atoms with E-state index >= 15 is 0 Å². The molecule has 8 heteroatoms. The third-order valence-electron chi connectivity index (χ3n) is 3.49. The zero-order valence-corrected chi connectivity index (χ0v) is 11.3. The van der Waals surface area contributed by atoms with E-state index in [9.17, 15) is 10.1 Å². The van der Waals surface area contributed by atoms with Gasteiger partial charge >= 0.3 is 5.82 Å². The van der Waals surface area contributed by atoms with Gasteiger partial charge in [-0.15, -0.1) is 0 Å². The van der Waals surface area contributed by atoms with Crippen molar-refractivity contribution in [2.24, 2.45) is 5.11 Å². The Morgan fingerprint density at radius 2 is 2.04 bits per heavy atom. The van der Waals surface area contributed by atoms with E-state index in [-0.39, 0.29) is 27.9 Å². The fraction of sp³-hybridized carbons (Fsp3) is 0. The second-order valence-corrected chi connectivity index (χ2v) is 4.71. The molecule has 2 heterocycles. The van der Waals surface area contributed by atoms with Gasteiger partial charge in [-0.05, 0) is 17.7 Å². The van der Waals surface area contributed by atoms with Crippen molar-refractivity contribution in [3.05, 3.63) is 57.0 Å². The summed E-state index contributed by atoms with van der Waals surface area (Å²) in [6.45, 7) is 0. The summed E-state index contributed by atoms with van der Waals surface area (Å²) in [5.41, 5.74) is 9.72. The van der Waals surface area contributed by atoms with Gasteiger partial charge in [0.2, 0.25) is 0 Å². The Kier molecular flexibility index (Phi) is 2.57. The summed E-state index contributed by atoms with van der Waals surface area (Å²) in [4.78, 5) is 18.6. The molecule has 0 N–H and O–H groups in total. The number of fused-ring (bicyclic) bond motifs is 3. The molecule has 0 atom stereocenters. The lowest BCUT2D eigenvalue weighted by Crippen LogP contribution is -1.88. The Bertz CT molecular complexity index is 1260. The minimum Gasteiger partial charge on any atom is -0.390 e. The molecule has 0 unspecified atom stereocenters. The zero-order valence-electron chi connectivity index (χ0n) is 11.3. The van der Waals surface area contributed by atoms with Crippen molar-refractivity contribution in [1.29, 1.82) is 5.26 Å². The number of pyridine rings is 1. The largest absolute Gasteiger partial charge is 0.519 e. The van der Waals surface area contributed by atoms with E-state index in [1.807, 2.05) is 24.3 Å². The van der Waals surface area contributed by atoms with Crippen LogP contribution in [0.15, 0.2) is 49.1 Å². The lowest BCUT2D eigenvalue weighted by atomic mass is 10.0. The van der Waals surface area contributed by atoms with Gasteiger partial charge in [-0.3, -0.25) is 0 Å². The Morgan fingerprint density at radius 3 is 2.83 bits per heavy atom. The van der Waals surface area contributed by atoms with Gasteiger partial charge in [0, 0.05) is 15.7 Å². The lowest BCUT2D eigenvalue weighted by molar-refractivity contribution is 0.409. The van der Waals surface area contributed by atoms with Crippen molar-refractivity contribution < 1.29 is 8.83 Å². The van der Waals surface area contributed by atoms with E-state index in [4.69, 9.17) is 14.4 Å². The summed E-state index contributed by atoms with van der Waals surface area (Å²) in [5.74, 6) is -0.981. The van der Waals surface area contributed by atoms with Crippen LogP contribution in [-0.4, -0.2) is 4.98 Å². The highest BCUT2D eigenvalue weighted by Crippen LogP contribution is 2.38. The highest BCUT2D eigenvalue weighted by Gasteiger charge is 2.21. The summed E-state index contributed by atoms with van der Waals surface area (Å²) in [5, 5.41) is 14.2. The van der Waals surface area contributed by atoms with Crippen LogP contribution >= 0.6 is 0 Å². The molecule has 0 aliphatic rings. The smallest absolute Gasteiger partial charge is 0.390 e. The molecule has 4 aromatic rings. The standard InChI is InChI=1S/C15H5N5O3/c16-6-9-8-5-7-3-1-2-4-10(7)18-11(8)12(19-20-17)14-13(9)22-15(21)23-14/h1-5H. The van der Waals surface area contributed by atoms with Gasteiger partial charge in [-0.2, -0.15) is 5.26 Å². The molecular formula is C15H5N5O3. The number of aromatic nitrogens is 1. The first-order chi connectivity index (χ1) is 11.2. The quantitative estimate of drug-likeness (QED) is 0.228. The van der Waals surface area contributed by atoms with Crippen molar-refractivity contribution in [2.45, 2.75) is 0 Å². The molecule has 8 nitrogen and oxygen atoms in total. The summed E-state index contributed by atoms with van der Waals surface area (Å²) in [7, 11) is 0. The van der Waals surface area contributed by atoms with Gasteiger partial charge in [0.1, 0.15) is 17.3 Å². The van der Waals surface area contributed by atoms with Crippen LogP contribution < -0.4 is 5.82 Å². The molecule has 0 aliphatic carbocycles. The first-order valence-electron chi connectivity index (χ1n) is 6.47. The van der Waals surface area contributed by atoms with E-state index < -0.39 is 5.82 Å². The Hall–Kier alpha value is -3.82. The second kappa shape index (κ2) is 4.59. The lowest BCUT2D eigenvalue weighted by Gasteiger charge is -2.05. The zero-order chi connectivity index (χ0) is 16.0. The Morgan fingerprint density at radius 1 is 1.26 bits per heavy atom. The molecule has 2 aromatic carbocycles. The molecule has 0 amide bonds. The summed E-state index contributed by atoms with van der Waals surface area (Å²) in [6, 6.07) is 11.0. The number of azide groups is 1. The highest BCUT2D eigenvalue weighted by atomic mass is 16.6. The third-order valence-corrected chi connectivity index (χ3v) is 3.49. The number of nitrogens with zero attached hydrogens (tertiary/aromatic N) is 5. The van der Waals surface area contributed by atoms with Crippen LogP contribution in [0.1, 0.15) is 5.56 Å². The molecular weight excluding hydrogens is 298 g/mol. The monoisotopic (exact) mass is 303 g/mol. The molecule has 0 radical (unpaired) electrons. The van der Waals surface area contributed by atoms with Gasteiger partial charge in [0.15, 0.2) is 11.2 Å². The Labute approximate surface area is 126 Å². The molecule has 0 spiro atoms. The van der Waals surface area contributed by atoms with Crippen LogP contribution in [0.4, 0.5) is 5.69 Å². The molecule has 4 rings (SSSR count). The van der Waals surface area contributed by atoms with Crippen molar-refractivity contribution in [2.75, 3.05) is 0 Å². The van der Waals surface area contributed by atoms with Gasteiger partial charge in [-0.1, -0.05) is 23.3 Å². The molecule has 0 aliphatic heterocycles. The Balaban J connectivity index is 2.39. The number of hydrogen-bond donors (Lipinski definition) is 0. The second-order valence-electron chi connectivity index (χ2n) is 4.71. The van der Waals surface area contributed by atoms with Crippen molar-refractivity contribution in [1.82, 2.24) is 4.98 Å². The maximum Gasteiger partial charge on any atom is 0.519 e. The normalized spacial score (nSPS) is 10.7. The fourth-order valence-electron chi connectivity index (χ4n) is 2.57. The van der Waals surface area contributed by atoms with Gasteiger partial charge in [-0.25, -0.2) is 9.78 Å². The van der Waals surface area contributed by atoms with E-state index in [0.717, 1.165) is 5.39 Å². The van der Waals surface area contributed by atoms with E-state index in [1.54, 1.807) is 12.1 Å². The molecule has 0 saturated carbocycles. The minimum atomic E-state index is -0.981. The molecule has 0 saturated heterocycles. The van der Waals surface area contributed by atoms with E-state index in [2.05, 4.69) is 15.0 Å². The van der Waals surface area contributed by atoms with Crippen molar-refractivity contribution in [3.63, 3.8) is 0 Å². The summed E-state index contributed by atoms with van der Waals surface area (Å²) in [6.07, 6.45) is 0. The average Bonchev–Trinajstić information content (AvgIpc) is 2.94. The summed E-state index contributed by atoms with van der Waals surface area (Å²) < 4.78 is 9.88. The minimum absolute atomic E-state index is 0.0214. The van der Waals surface area contributed by atoms with E-state index in [0.29, 0.717) is 10.9 Å². The van der Waals surface area contributed by atoms with Gasteiger partial charge in [0.25, 0.3) is 0 Å². The first kappa shape index (κ1) is 12.9. The van der Waals surface area contributed by atoms with Crippen LogP contribution in [-0.2, 0) is 0 Å².